The molecule has 0 heterocycles. The van der Waals surface area contributed by atoms with Crippen molar-refractivity contribution in [3.8, 4) is 0 Å². The quantitative estimate of drug-likeness (QED) is 0.409. The summed E-state index contributed by atoms with van der Waals surface area (Å²) < 4.78 is 0. The van der Waals surface area contributed by atoms with E-state index in [1.807, 2.05) is 0 Å². The zero-order chi connectivity index (χ0) is 9.23. The third-order valence-electron chi connectivity index (χ3n) is 1.38. The molecule has 12 heavy (non-hydrogen) atoms. The summed E-state index contributed by atoms with van der Waals surface area (Å²) in [6.45, 7) is 3.35. The van der Waals surface area contributed by atoms with E-state index in [4.69, 9.17) is 0 Å². The maximum absolute atomic E-state index is 10.8. The summed E-state index contributed by atoms with van der Waals surface area (Å²) in [5, 5.41) is 5.41. The Morgan fingerprint density at radius 1 is 1.50 bits per heavy atom. The van der Waals surface area contributed by atoms with Gasteiger partial charge in [-0.1, -0.05) is 13.3 Å². The number of aldehydes is 1. The SMILES string of the molecule is CCCCNCC(=O)NCC=O. The molecule has 4 heteroatoms. The van der Waals surface area contributed by atoms with Gasteiger partial charge in [0.05, 0.1) is 13.1 Å². The smallest absolute Gasteiger partial charge is 0.234 e. The molecule has 2 N–H and O–H groups in total. The average Bonchev–Trinajstić information content (AvgIpc) is 2.09. The second-order valence-corrected chi connectivity index (χ2v) is 2.50. The third-order valence-corrected chi connectivity index (χ3v) is 1.38. The summed E-state index contributed by atoms with van der Waals surface area (Å²) in [5.41, 5.74) is 0. The fourth-order valence-electron chi connectivity index (χ4n) is 0.722. The summed E-state index contributed by atoms with van der Waals surface area (Å²) >= 11 is 0. The van der Waals surface area contributed by atoms with Gasteiger partial charge in [0.1, 0.15) is 6.29 Å². The van der Waals surface area contributed by atoms with Gasteiger partial charge in [-0.25, -0.2) is 0 Å². The Hall–Kier alpha value is -0.900. The van der Waals surface area contributed by atoms with Crippen molar-refractivity contribution >= 4 is 12.2 Å². The lowest BCUT2D eigenvalue weighted by Crippen LogP contribution is -2.35. The lowest BCUT2D eigenvalue weighted by Gasteiger charge is -2.02. The Kier molecular flexibility index (Phi) is 7.58. The number of unbranched alkanes of at least 4 members (excludes halogenated alkanes) is 1. The first-order valence-corrected chi connectivity index (χ1v) is 4.22. The molecule has 0 spiro atoms. The lowest BCUT2D eigenvalue weighted by atomic mass is 10.3. The van der Waals surface area contributed by atoms with E-state index in [0.717, 1.165) is 19.4 Å². The van der Waals surface area contributed by atoms with Gasteiger partial charge in [-0.3, -0.25) is 4.79 Å². The summed E-state index contributed by atoms with van der Waals surface area (Å²) in [7, 11) is 0. The van der Waals surface area contributed by atoms with E-state index >= 15 is 0 Å². The number of carbonyl (C=O) groups is 2. The highest BCUT2D eigenvalue weighted by Gasteiger charge is 1.96. The number of hydrogen-bond donors (Lipinski definition) is 2. The minimum Gasteiger partial charge on any atom is -0.348 e. The van der Waals surface area contributed by atoms with E-state index < -0.39 is 0 Å². The first-order valence-electron chi connectivity index (χ1n) is 4.22. The first kappa shape index (κ1) is 11.1. The number of hydrogen-bond acceptors (Lipinski definition) is 3. The summed E-state index contributed by atoms with van der Waals surface area (Å²) in [4.78, 5) is 20.7. The summed E-state index contributed by atoms with van der Waals surface area (Å²) in [5.74, 6) is -0.127. The molecule has 0 aliphatic heterocycles. The third kappa shape index (κ3) is 7.21. The molecule has 0 radical (unpaired) electrons. The highest BCUT2D eigenvalue weighted by molar-refractivity contribution is 5.79. The topological polar surface area (TPSA) is 58.2 Å². The predicted octanol–water partition coefficient (Wildman–Crippen LogP) is -0.309. The second-order valence-electron chi connectivity index (χ2n) is 2.50. The average molecular weight is 172 g/mol. The molecule has 70 valence electrons. The Bertz CT molecular complexity index is 137. The van der Waals surface area contributed by atoms with Crippen LogP contribution >= 0.6 is 0 Å². The van der Waals surface area contributed by atoms with Gasteiger partial charge in [-0.05, 0) is 13.0 Å². The zero-order valence-electron chi connectivity index (χ0n) is 7.43. The molecular formula is C8H16N2O2. The zero-order valence-corrected chi connectivity index (χ0v) is 7.43. The highest BCUT2D eigenvalue weighted by Crippen LogP contribution is 1.81. The summed E-state index contributed by atoms with van der Waals surface area (Å²) in [6.07, 6.45) is 2.86. The fourth-order valence-corrected chi connectivity index (χ4v) is 0.722. The standard InChI is InChI=1S/C8H16N2O2/c1-2-3-4-9-7-8(12)10-5-6-11/h6,9H,2-5,7H2,1H3,(H,10,12). The van der Waals surface area contributed by atoms with E-state index in [1.54, 1.807) is 0 Å². The number of rotatable bonds is 7. The van der Waals surface area contributed by atoms with Gasteiger partial charge in [0.15, 0.2) is 0 Å². The molecular weight excluding hydrogens is 156 g/mol. The molecule has 0 rings (SSSR count). The van der Waals surface area contributed by atoms with Gasteiger partial charge in [0.25, 0.3) is 0 Å². The van der Waals surface area contributed by atoms with Crippen molar-refractivity contribution < 1.29 is 9.59 Å². The molecule has 0 atom stereocenters. The summed E-state index contributed by atoms with van der Waals surface area (Å²) in [6, 6.07) is 0. The first-order chi connectivity index (χ1) is 5.81. The molecule has 0 aromatic heterocycles. The Morgan fingerprint density at radius 2 is 2.25 bits per heavy atom. The van der Waals surface area contributed by atoms with Gasteiger partial charge in [-0.2, -0.15) is 0 Å². The number of amides is 1. The van der Waals surface area contributed by atoms with Crippen LogP contribution in [0.4, 0.5) is 0 Å². The molecule has 0 aromatic carbocycles. The van der Waals surface area contributed by atoms with Crippen LogP contribution in [0.15, 0.2) is 0 Å². The van der Waals surface area contributed by atoms with Crippen LogP contribution in [0.3, 0.4) is 0 Å². The van der Waals surface area contributed by atoms with Gasteiger partial charge >= 0.3 is 0 Å². The van der Waals surface area contributed by atoms with Crippen LogP contribution in [-0.4, -0.2) is 31.8 Å². The number of carbonyl (C=O) groups excluding carboxylic acids is 2. The van der Waals surface area contributed by atoms with Crippen molar-refractivity contribution in [1.29, 1.82) is 0 Å². The second kappa shape index (κ2) is 8.20. The van der Waals surface area contributed by atoms with Crippen LogP contribution in [0.2, 0.25) is 0 Å². The van der Waals surface area contributed by atoms with Gasteiger partial charge in [-0.15, -0.1) is 0 Å². The van der Waals surface area contributed by atoms with E-state index in [-0.39, 0.29) is 12.5 Å². The molecule has 1 amide bonds. The fraction of sp³-hybridized carbons (Fsp3) is 0.750. The van der Waals surface area contributed by atoms with E-state index in [9.17, 15) is 9.59 Å². The highest BCUT2D eigenvalue weighted by atomic mass is 16.2. The predicted molar refractivity (Wildman–Crippen MR) is 46.9 cm³/mol. The van der Waals surface area contributed by atoms with Crippen LogP contribution in [0.5, 0.6) is 0 Å². The molecule has 0 fully saturated rings. The van der Waals surface area contributed by atoms with Crippen LogP contribution in [-0.2, 0) is 9.59 Å². The minimum atomic E-state index is -0.127. The van der Waals surface area contributed by atoms with E-state index in [2.05, 4.69) is 17.6 Å². The minimum absolute atomic E-state index is 0.105. The van der Waals surface area contributed by atoms with Crippen LogP contribution in [0, 0.1) is 0 Å². The van der Waals surface area contributed by atoms with Crippen molar-refractivity contribution in [2.24, 2.45) is 0 Å². The van der Waals surface area contributed by atoms with E-state index in [1.165, 1.54) is 0 Å². The van der Waals surface area contributed by atoms with Crippen molar-refractivity contribution in [1.82, 2.24) is 10.6 Å². The maximum atomic E-state index is 10.8. The van der Waals surface area contributed by atoms with Crippen LogP contribution in [0.1, 0.15) is 19.8 Å². The van der Waals surface area contributed by atoms with Crippen molar-refractivity contribution in [3.05, 3.63) is 0 Å². The molecule has 0 saturated heterocycles. The van der Waals surface area contributed by atoms with Gasteiger partial charge in [0.2, 0.25) is 5.91 Å². The normalized spacial score (nSPS) is 9.42. The van der Waals surface area contributed by atoms with Crippen molar-refractivity contribution in [2.45, 2.75) is 19.8 Å². The molecule has 0 aromatic rings. The Balaban J connectivity index is 3.13. The Morgan fingerprint density at radius 3 is 2.83 bits per heavy atom. The molecule has 0 bridgehead atoms. The molecule has 0 aliphatic carbocycles. The monoisotopic (exact) mass is 172 g/mol. The maximum Gasteiger partial charge on any atom is 0.234 e. The van der Waals surface area contributed by atoms with Crippen molar-refractivity contribution in [3.63, 3.8) is 0 Å². The largest absolute Gasteiger partial charge is 0.348 e. The van der Waals surface area contributed by atoms with Gasteiger partial charge < -0.3 is 15.4 Å². The number of nitrogens with one attached hydrogen (secondary N) is 2. The lowest BCUT2D eigenvalue weighted by molar-refractivity contribution is -0.121. The Labute approximate surface area is 72.7 Å². The van der Waals surface area contributed by atoms with Crippen molar-refractivity contribution in [2.75, 3.05) is 19.6 Å². The molecule has 4 nitrogen and oxygen atoms in total. The van der Waals surface area contributed by atoms with Crippen LogP contribution < -0.4 is 10.6 Å². The van der Waals surface area contributed by atoms with Gasteiger partial charge in [0, 0.05) is 0 Å². The van der Waals surface area contributed by atoms with Crippen LogP contribution in [0.25, 0.3) is 0 Å². The molecule has 0 saturated carbocycles. The molecule has 0 unspecified atom stereocenters. The molecule has 0 aliphatic rings. The van der Waals surface area contributed by atoms with E-state index in [0.29, 0.717) is 12.8 Å².